The predicted molar refractivity (Wildman–Crippen MR) is 56.6 cm³/mol. The molecule has 0 saturated carbocycles. The zero-order valence-electron chi connectivity index (χ0n) is 9.05. The molecule has 1 aromatic rings. The first-order valence-corrected chi connectivity index (χ1v) is 5.39. The molecule has 2 nitrogen and oxygen atoms in total. The number of benzene rings is 1. The Bertz CT molecular complexity index is 424. The van der Waals surface area contributed by atoms with Crippen molar-refractivity contribution in [2.24, 2.45) is 0 Å². The van der Waals surface area contributed by atoms with Gasteiger partial charge in [0.2, 0.25) is 0 Å². The summed E-state index contributed by atoms with van der Waals surface area (Å²) in [6.45, 7) is 0.761. The first-order valence-electron chi connectivity index (χ1n) is 5.39. The van der Waals surface area contributed by atoms with Crippen molar-refractivity contribution in [2.75, 3.05) is 6.54 Å². The summed E-state index contributed by atoms with van der Waals surface area (Å²) in [5.74, 6) is -0.173. The van der Waals surface area contributed by atoms with Crippen molar-refractivity contribution in [1.82, 2.24) is 5.32 Å². The number of halogens is 3. The van der Waals surface area contributed by atoms with Crippen LogP contribution in [0.15, 0.2) is 24.3 Å². The summed E-state index contributed by atoms with van der Waals surface area (Å²) < 4.78 is 38.0. The van der Waals surface area contributed by atoms with E-state index in [0.717, 1.165) is 12.6 Å². The van der Waals surface area contributed by atoms with Gasteiger partial charge in [0.25, 0.3) is 0 Å². The van der Waals surface area contributed by atoms with Crippen molar-refractivity contribution in [1.29, 1.82) is 0 Å². The highest BCUT2D eigenvalue weighted by Gasteiger charge is 2.34. The first kappa shape index (κ1) is 12.1. The summed E-state index contributed by atoms with van der Waals surface area (Å²) in [5.41, 5.74) is -0.661. The SMILES string of the molecule is O=C(Cc1ccccc1C(F)(F)F)C1CCN1. The van der Waals surface area contributed by atoms with Crippen LogP contribution >= 0.6 is 0 Å². The lowest BCUT2D eigenvalue weighted by atomic mass is 9.94. The quantitative estimate of drug-likeness (QED) is 0.881. The second-order valence-electron chi connectivity index (χ2n) is 4.09. The minimum absolute atomic E-state index is 0.0544. The lowest BCUT2D eigenvalue weighted by Crippen LogP contribution is -2.49. The third-order valence-electron chi connectivity index (χ3n) is 2.90. The van der Waals surface area contributed by atoms with Crippen LogP contribution in [0, 0.1) is 0 Å². The van der Waals surface area contributed by atoms with Crippen LogP contribution in [0.1, 0.15) is 17.5 Å². The molecule has 17 heavy (non-hydrogen) atoms. The van der Waals surface area contributed by atoms with Gasteiger partial charge in [0, 0.05) is 6.42 Å². The second kappa shape index (κ2) is 4.49. The van der Waals surface area contributed by atoms with Crippen LogP contribution in [0.2, 0.25) is 0 Å². The van der Waals surface area contributed by atoms with E-state index in [1.807, 2.05) is 0 Å². The fourth-order valence-corrected chi connectivity index (χ4v) is 1.83. The van der Waals surface area contributed by atoms with Gasteiger partial charge in [-0.3, -0.25) is 4.79 Å². The molecule has 0 spiro atoms. The molecule has 1 N–H and O–H groups in total. The van der Waals surface area contributed by atoms with E-state index in [2.05, 4.69) is 5.32 Å². The Morgan fingerprint density at radius 1 is 1.35 bits per heavy atom. The molecule has 0 radical (unpaired) electrons. The number of rotatable bonds is 3. The third-order valence-corrected chi connectivity index (χ3v) is 2.90. The van der Waals surface area contributed by atoms with Gasteiger partial charge < -0.3 is 5.32 Å². The fourth-order valence-electron chi connectivity index (χ4n) is 1.83. The fraction of sp³-hybridized carbons (Fsp3) is 0.417. The molecule has 1 fully saturated rings. The van der Waals surface area contributed by atoms with E-state index < -0.39 is 11.7 Å². The van der Waals surface area contributed by atoms with Gasteiger partial charge in [0.1, 0.15) is 0 Å². The lowest BCUT2D eigenvalue weighted by Gasteiger charge is -2.26. The normalized spacial score (nSPS) is 19.8. The number of hydrogen-bond donors (Lipinski definition) is 1. The number of carbonyl (C=O) groups is 1. The molecule has 1 aliphatic rings. The molecule has 0 aliphatic carbocycles. The minimum atomic E-state index is -4.40. The summed E-state index contributed by atoms with van der Waals surface area (Å²) >= 11 is 0. The van der Waals surface area contributed by atoms with E-state index in [1.165, 1.54) is 18.2 Å². The van der Waals surface area contributed by atoms with Crippen molar-refractivity contribution >= 4 is 5.78 Å². The van der Waals surface area contributed by atoms with E-state index in [1.54, 1.807) is 0 Å². The summed E-state index contributed by atoms with van der Waals surface area (Å²) in [6.07, 6.45) is -3.84. The van der Waals surface area contributed by atoms with E-state index in [4.69, 9.17) is 0 Å². The second-order valence-corrected chi connectivity index (χ2v) is 4.09. The Hall–Kier alpha value is -1.36. The Morgan fingerprint density at radius 2 is 2.00 bits per heavy atom. The van der Waals surface area contributed by atoms with Gasteiger partial charge in [-0.1, -0.05) is 18.2 Å². The maximum absolute atomic E-state index is 12.7. The molecule has 92 valence electrons. The molecule has 1 aromatic carbocycles. The zero-order chi connectivity index (χ0) is 12.5. The smallest absolute Gasteiger partial charge is 0.307 e. The van der Waals surface area contributed by atoms with Crippen LogP contribution in [0.5, 0.6) is 0 Å². The van der Waals surface area contributed by atoms with Gasteiger partial charge in [0.15, 0.2) is 5.78 Å². The van der Waals surface area contributed by atoms with Crippen LogP contribution in [-0.2, 0) is 17.4 Å². The molecule has 1 saturated heterocycles. The number of alkyl halides is 3. The Morgan fingerprint density at radius 3 is 2.53 bits per heavy atom. The van der Waals surface area contributed by atoms with Crippen LogP contribution in [0.25, 0.3) is 0 Å². The number of carbonyl (C=O) groups excluding carboxylic acids is 1. The van der Waals surface area contributed by atoms with Crippen LogP contribution in [0.3, 0.4) is 0 Å². The number of hydrogen-bond acceptors (Lipinski definition) is 2. The molecule has 5 heteroatoms. The molecule has 1 unspecified atom stereocenters. The molecule has 0 bridgehead atoms. The molecule has 0 amide bonds. The minimum Gasteiger partial charge on any atom is -0.307 e. The number of ketones is 1. The molecule has 0 aromatic heterocycles. The average Bonchev–Trinajstić information content (AvgIpc) is 2.13. The van der Waals surface area contributed by atoms with Crippen molar-refractivity contribution in [3.05, 3.63) is 35.4 Å². The third kappa shape index (κ3) is 2.66. The molecular formula is C12H12F3NO. The average molecular weight is 243 g/mol. The Balaban J connectivity index is 2.17. The van der Waals surface area contributed by atoms with Gasteiger partial charge in [0.05, 0.1) is 11.6 Å². The number of nitrogens with one attached hydrogen (secondary N) is 1. The maximum Gasteiger partial charge on any atom is 0.416 e. The van der Waals surface area contributed by atoms with Crippen molar-refractivity contribution in [2.45, 2.75) is 25.1 Å². The Labute approximate surface area is 96.8 Å². The standard InChI is InChI=1S/C12H12F3NO/c13-12(14,15)9-4-2-1-3-8(9)7-11(17)10-5-6-16-10/h1-4,10,16H,5-7H2. The number of Topliss-reactive ketones (excluding diaryl/α,β-unsaturated/α-hetero) is 1. The molecular weight excluding hydrogens is 231 g/mol. The summed E-state index contributed by atoms with van der Waals surface area (Å²) in [4.78, 5) is 11.6. The van der Waals surface area contributed by atoms with Crippen LogP contribution in [0.4, 0.5) is 13.2 Å². The van der Waals surface area contributed by atoms with Crippen molar-refractivity contribution < 1.29 is 18.0 Å². The molecule has 2 rings (SSSR count). The highest BCUT2D eigenvalue weighted by atomic mass is 19.4. The largest absolute Gasteiger partial charge is 0.416 e. The topological polar surface area (TPSA) is 29.1 Å². The molecule has 1 aliphatic heterocycles. The summed E-state index contributed by atoms with van der Waals surface area (Å²) in [6, 6.07) is 4.96. The van der Waals surface area contributed by atoms with E-state index in [-0.39, 0.29) is 23.8 Å². The maximum atomic E-state index is 12.7. The van der Waals surface area contributed by atoms with Gasteiger partial charge in [-0.25, -0.2) is 0 Å². The van der Waals surface area contributed by atoms with Gasteiger partial charge >= 0.3 is 6.18 Å². The van der Waals surface area contributed by atoms with E-state index in [0.29, 0.717) is 6.42 Å². The highest BCUT2D eigenvalue weighted by molar-refractivity contribution is 5.87. The van der Waals surface area contributed by atoms with Crippen LogP contribution < -0.4 is 5.32 Å². The Kier molecular flexibility index (Phi) is 3.19. The van der Waals surface area contributed by atoms with E-state index >= 15 is 0 Å². The van der Waals surface area contributed by atoms with Crippen LogP contribution in [-0.4, -0.2) is 18.4 Å². The summed E-state index contributed by atoms with van der Waals surface area (Å²) in [7, 11) is 0. The van der Waals surface area contributed by atoms with Gasteiger partial charge in [-0.05, 0) is 24.6 Å². The summed E-state index contributed by atoms with van der Waals surface area (Å²) in [5, 5.41) is 2.89. The zero-order valence-corrected chi connectivity index (χ0v) is 9.05. The van der Waals surface area contributed by atoms with Gasteiger partial charge in [-0.15, -0.1) is 0 Å². The lowest BCUT2D eigenvalue weighted by molar-refractivity contribution is -0.138. The molecule has 1 atom stereocenters. The monoisotopic (exact) mass is 243 g/mol. The molecule has 1 heterocycles. The van der Waals surface area contributed by atoms with Crippen molar-refractivity contribution in [3.8, 4) is 0 Å². The predicted octanol–water partition coefficient (Wildman–Crippen LogP) is 2.18. The van der Waals surface area contributed by atoms with E-state index in [9.17, 15) is 18.0 Å². The highest BCUT2D eigenvalue weighted by Crippen LogP contribution is 2.32. The first-order chi connectivity index (χ1) is 7.98. The van der Waals surface area contributed by atoms with Gasteiger partial charge in [-0.2, -0.15) is 13.2 Å². The van der Waals surface area contributed by atoms with Crippen molar-refractivity contribution in [3.63, 3.8) is 0 Å².